The van der Waals surface area contributed by atoms with Crippen LogP contribution in [-0.4, -0.2) is 68.8 Å². The summed E-state index contributed by atoms with van der Waals surface area (Å²) in [6.07, 6.45) is 3.35. The first kappa shape index (κ1) is 22.4. The second-order valence-corrected chi connectivity index (χ2v) is 7.29. The average molecular weight is 439 g/mol. The molecule has 2 rings (SSSR count). The number of thiol groups is 1. The maximum Gasteiger partial charge on any atom is 0.353 e. The lowest BCUT2D eigenvalue weighted by Gasteiger charge is -2.44. The summed E-state index contributed by atoms with van der Waals surface area (Å²) >= 11 is 5.41. The van der Waals surface area contributed by atoms with Crippen LogP contribution in [0.2, 0.25) is 0 Å². The van der Waals surface area contributed by atoms with Crippen molar-refractivity contribution in [3.63, 3.8) is 0 Å². The van der Waals surface area contributed by atoms with E-state index in [9.17, 15) is 29.1 Å². The number of nitrogens with one attached hydrogen (secondary N) is 1. The monoisotopic (exact) mass is 439 g/mol. The molecule has 154 valence electrons. The fourth-order valence-electron chi connectivity index (χ4n) is 2.38. The van der Waals surface area contributed by atoms with E-state index in [-0.39, 0.29) is 12.0 Å². The number of likely N-dealkylation sites (tertiary alicyclic amines) is 1. The molecule has 0 unspecified atom stereocenters. The molecule has 2 atom stereocenters. The minimum Gasteiger partial charge on any atom is -0.477 e. The van der Waals surface area contributed by atoms with Gasteiger partial charge in [-0.2, -0.15) is 12.6 Å². The van der Waals surface area contributed by atoms with Gasteiger partial charge < -0.3 is 15.2 Å². The minimum absolute atomic E-state index is 0.0297. The van der Waals surface area contributed by atoms with Crippen molar-refractivity contribution in [1.29, 1.82) is 0 Å². The summed E-state index contributed by atoms with van der Waals surface area (Å²) < 4.78 is 4.65. The van der Waals surface area contributed by atoms with Gasteiger partial charge in [-0.1, -0.05) is 0 Å². The fourth-order valence-corrected chi connectivity index (χ4v) is 3.51. The van der Waals surface area contributed by atoms with Crippen LogP contribution in [-0.2, 0) is 28.7 Å². The maximum absolute atomic E-state index is 12.4. The summed E-state index contributed by atoms with van der Waals surface area (Å²) in [5, 5.41) is 10.9. The number of carboxylic acids is 1. The highest BCUT2D eigenvalue weighted by Gasteiger charge is 2.50. The second-order valence-electron chi connectivity index (χ2n) is 5.72. The molecular weight excluding hydrogens is 422 g/mol. The molecule has 0 aliphatic carbocycles. The number of nitrogens with zero attached hydrogens (tertiary/aromatic N) is 2. The van der Waals surface area contributed by atoms with Crippen LogP contribution in [0.4, 0.5) is 0 Å². The van der Waals surface area contributed by atoms with E-state index < -0.39 is 53.0 Å². The summed E-state index contributed by atoms with van der Waals surface area (Å²) in [7, 11) is 0. The number of carboxylic acid groups (broad SMARTS) is 1. The first-order chi connectivity index (χ1) is 13.8. The Bertz CT molecular complexity index is 860. The number of aromatic nitrogens is 1. The Morgan fingerprint density at radius 1 is 1.38 bits per heavy atom. The van der Waals surface area contributed by atoms with E-state index in [0.717, 1.165) is 16.7 Å². The maximum atomic E-state index is 12.4. The first-order valence-corrected chi connectivity index (χ1v) is 9.64. The normalized spacial score (nSPS) is 19.0. The van der Waals surface area contributed by atoms with Crippen LogP contribution in [0.5, 0.6) is 0 Å². The van der Waals surface area contributed by atoms with Gasteiger partial charge in [0.1, 0.15) is 23.7 Å². The van der Waals surface area contributed by atoms with Crippen LogP contribution in [0, 0.1) is 0 Å². The van der Waals surface area contributed by atoms with E-state index in [2.05, 4.69) is 27.7 Å². The molecule has 29 heavy (non-hydrogen) atoms. The Hall–Kier alpha value is -2.86. The molecule has 0 radical (unpaired) electrons. The van der Waals surface area contributed by atoms with Crippen LogP contribution in [0.1, 0.15) is 6.92 Å². The highest BCUT2D eigenvalue weighted by atomic mass is 32.2. The van der Waals surface area contributed by atoms with Crippen molar-refractivity contribution < 1.29 is 33.8 Å². The highest BCUT2D eigenvalue weighted by Crippen LogP contribution is 2.30. The smallest absolute Gasteiger partial charge is 0.353 e. The zero-order valence-corrected chi connectivity index (χ0v) is 16.8. The molecule has 1 aromatic rings. The topological polar surface area (TPSA) is 143 Å². The van der Waals surface area contributed by atoms with Gasteiger partial charge >= 0.3 is 11.9 Å². The highest BCUT2D eigenvalue weighted by molar-refractivity contribution is 8.00. The largest absolute Gasteiger partial charge is 0.477 e. The van der Waals surface area contributed by atoms with E-state index in [1.807, 2.05) is 0 Å². The number of aldehydes is 1. The quantitative estimate of drug-likeness (QED) is 0.120. The molecule has 0 bridgehead atoms. The average Bonchev–Trinajstić information content (AvgIpc) is 2.70. The van der Waals surface area contributed by atoms with Crippen molar-refractivity contribution in [3.05, 3.63) is 35.8 Å². The van der Waals surface area contributed by atoms with Crippen molar-refractivity contribution in [2.75, 3.05) is 12.4 Å². The summed E-state index contributed by atoms with van der Waals surface area (Å²) in [4.78, 5) is 63.7. The number of carbonyl (C=O) groups is 5. The molecule has 1 fully saturated rings. The molecule has 2 N–H and O–H groups in total. The molecule has 1 aromatic heterocycles. The SMILES string of the molecule is CC(=O)OCC(C=O)=C(C(=O)O)N1C(=O)[C@@H](NC(=O)CSc2ccncc2)[C@H]1S. The number of carbonyl (C=O) groups excluding carboxylic acids is 4. The van der Waals surface area contributed by atoms with E-state index in [1.165, 1.54) is 11.8 Å². The van der Waals surface area contributed by atoms with Crippen LogP contribution >= 0.6 is 24.4 Å². The fraction of sp³-hybridized carbons (Fsp3) is 0.294. The predicted molar refractivity (Wildman–Crippen MR) is 104 cm³/mol. The molecule has 12 heteroatoms. The number of hydrogen-bond acceptors (Lipinski definition) is 9. The zero-order chi connectivity index (χ0) is 21.6. The van der Waals surface area contributed by atoms with Gasteiger partial charge in [0.15, 0.2) is 6.29 Å². The van der Waals surface area contributed by atoms with Crippen LogP contribution in [0.3, 0.4) is 0 Å². The van der Waals surface area contributed by atoms with Crippen molar-refractivity contribution >= 4 is 54.4 Å². The lowest BCUT2D eigenvalue weighted by Crippen LogP contribution is -2.69. The Labute approximate surface area is 175 Å². The van der Waals surface area contributed by atoms with Crippen LogP contribution in [0.25, 0.3) is 0 Å². The molecule has 0 saturated carbocycles. The summed E-state index contributed by atoms with van der Waals surface area (Å²) in [5.41, 5.74) is -1.05. The van der Waals surface area contributed by atoms with Gasteiger partial charge in [-0.3, -0.25) is 29.1 Å². The molecule has 2 amide bonds. The second kappa shape index (κ2) is 10.1. The van der Waals surface area contributed by atoms with Crippen molar-refractivity contribution in [2.24, 2.45) is 0 Å². The number of β-lactam (4-membered cyclic amide) rings is 1. The standard InChI is InChI=1S/C17H17N3O7S2/c1-9(22)27-7-10(6-21)14(17(25)26)20-15(24)13(16(20)28)19-12(23)8-29-11-2-4-18-5-3-11/h2-6,13,16,28H,7-8H2,1H3,(H,19,23)(H,25,26)/t13-,16-/m1/s1. The van der Waals surface area contributed by atoms with E-state index in [4.69, 9.17) is 0 Å². The molecule has 1 aliphatic heterocycles. The third kappa shape index (κ3) is 5.57. The number of rotatable bonds is 9. The third-order valence-corrected chi connectivity index (χ3v) is 5.26. The molecule has 1 aliphatic rings. The van der Waals surface area contributed by atoms with Gasteiger partial charge in [0, 0.05) is 24.2 Å². The number of pyridine rings is 1. The summed E-state index contributed by atoms with van der Waals surface area (Å²) in [5.74, 6) is -3.44. The number of amides is 2. The van der Waals surface area contributed by atoms with Crippen LogP contribution in [0.15, 0.2) is 40.7 Å². The number of thioether (sulfide) groups is 1. The number of aliphatic carboxylic acids is 1. The number of ether oxygens (including phenoxy) is 1. The third-order valence-electron chi connectivity index (χ3n) is 3.72. The van der Waals surface area contributed by atoms with Crippen LogP contribution < -0.4 is 5.32 Å². The van der Waals surface area contributed by atoms with Crippen molar-refractivity contribution in [2.45, 2.75) is 23.2 Å². The molecule has 2 heterocycles. The number of esters is 1. The predicted octanol–water partition coefficient (Wildman–Crippen LogP) is -0.143. The van der Waals surface area contributed by atoms with E-state index in [0.29, 0.717) is 0 Å². The van der Waals surface area contributed by atoms with Crippen molar-refractivity contribution in [1.82, 2.24) is 15.2 Å². The Kier molecular flexibility index (Phi) is 7.79. The zero-order valence-electron chi connectivity index (χ0n) is 15.1. The Morgan fingerprint density at radius 2 is 2.03 bits per heavy atom. The molecule has 0 spiro atoms. The van der Waals surface area contributed by atoms with Gasteiger partial charge in [0.25, 0.3) is 5.91 Å². The Morgan fingerprint density at radius 3 is 2.55 bits per heavy atom. The number of hydrogen-bond donors (Lipinski definition) is 3. The molecular formula is C17H17N3O7S2. The first-order valence-electron chi connectivity index (χ1n) is 8.14. The van der Waals surface area contributed by atoms with E-state index in [1.54, 1.807) is 24.5 Å². The van der Waals surface area contributed by atoms with Crippen molar-refractivity contribution in [3.8, 4) is 0 Å². The lowest BCUT2D eigenvalue weighted by molar-refractivity contribution is -0.150. The summed E-state index contributed by atoms with van der Waals surface area (Å²) in [6.45, 7) is 0.485. The summed E-state index contributed by atoms with van der Waals surface area (Å²) in [6, 6.07) is 2.40. The van der Waals surface area contributed by atoms with E-state index >= 15 is 0 Å². The van der Waals surface area contributed by atoms with Gasteiger partial charge in [0.2, 0.25) is 5.91 Å². The van der Waals surface area contributed by atoms with Gasteiger partial charge in [0.05, 0.1) is 11.3 Å². The van der Waals surface area contributed by atoms with Gasteiger partial charge in [-0.25, -0.2) is 4.79 Å². The van der Waals surface area contributed by atoms with Gasteiger partial charge in [-0.05, 0) is 12.1 Å². The molecule has 1 saturated heterocycles. The van der Waals surface area contributed by atoms with Gasteiger partial charge in [-0.15, -0.1) is 11.8 Å². The lowest BCUT2D eigenvalue weighted by atomic mass is 10.0. The minimum atomic E-state index is -1.57. The molecule has 10 nitrogen and oxygen atoms in total. The molecule has 0 aromatic carbocycles. The Balaban J connectivity index is 2.04.